The molecule has 29 heavy (non-hydrogen) atoms. The first-order chi connectivity index (χ1) is 13.8. The van der Waals surface area contributed by atoms with Crippen LogP contribution in [0.3, 0.4) is 0 Å². The minimum absolute atomic E-state index is 0.190. The molecule has 0 saturated carbocycles. The first kappa shape index (κ1) is 22.5. The number of nitrogens with zero attached hydrogens (tertiary/aromatic N) is 2. The molecule has 2 rings (SSSR count). The number of oxazole rings is 1. The SMILES string of the molecule is CCc1ccccc1NC(=O)N(Cc1nc(C(=O)NCC(C)C)co1)CC(C)C. The molecule has 0 atom stereocenters. The highest BCUT2D eigenvalue weighted by Gasteiger charge is 2.20. The summed E-state index contributed by atoms with van der Waals surface area (Å²) in [5, 5.41) is 5.80. The molecule has 7 nitrogen and oxygen atoms in total. The number of anilines is 1. The van der Waals surface area contributed by atoms with Crippen LogP contribution in [0.25, 0.3) is 0 Å². The van der Waals surface area contributed by atoms with Crippen LogP contribution in [0.4, 0.5) is 10.5 Å². The number of para-hydroxylation sites is 1. The molecule has 0 aliphatic heterocycles. The van der Waals surface area contributed by atoms with Crippen LogP contribution in [0.2, 0.25) is 0 Å². The molecule has 3 amide bonds. The summed E-state index contributed by atoms with van der Waals surface area (Å²) in [6.45, 7) is 11.5. The number of hydrogen-bond donors (Lipinski definition) is 2. The number of aromatic nitrogens is 1. The van der Waals surface area contributed by atoms with Crippen LogP contribution >= 0.6 is 0 Å². The molecule has 1 aromatic heterocycles. The molecule has 0 spiro atoms. The van der Waals surface area contributed by atoms with Gasteiger partial charge in [0.2, 0.25) is 5.89 Å². The highest BCUT2D eigenvalue weighted by Crippen LogP contribution is 2.17. The van der Waals surface area contributed by atoms with E-state index in [0.29, 0.717) is 24.9 Å². The van der Waals surface area contributed by atoms with Crippen molar-refractivity contribution in [1.82, 2.24) is 15.2 Å². The smallest absolute Gasteiger partial charge is 0.322 e. The average Bonchev–Trinajstić information content (AvgIpc) is 3.14. The lowest BCUT2D eigenvalue weighted by atomic mass is 10.1. The van der Waals surface area contributed by atoms with Gasteiger partial charge < -0.3 is 20.0 Å². The summed E-state index contributed by atoms with van der Waals surface area (Å²) < 4.78 is 5.46. The molecule has 2 aromatic rings. The lowest BCUT2D eigenvalue weighted by Crippen LogP contribution is -2.37. The van der Waals surface area contributed by atoms with E-state index in [4.69, 9.17) is 4.42 Å². The third-order valence-electron chi connectivity index (χ3n) is 4.29. The summed E-state index contributed by atoms with van der Waals surface area (Å²) in [7, 11) is 0. The summed E-state index contributed by atoms with van der Waals surface area (Å²) in [5.74, 6) is 0.678. The largest absolute Gasteiger partial charge is 0.446 e. The Labute approximate surface area is 172 Å². The maximum atomic E-state index is 12.9. The molecule has 158 valence electrons. The van der Waals surface area contributed by atoms with Crippen molar-refractivity contribution in [2.75, 3.05) is 18.4 Å². The Balaban J connectivity index is 2.08. The Hall–Kier alpha value is -2.83. The van der Waals surface area contributed by atoms with E-state index in [1.54, 1.807) is 4.90 Å². The second-order valence-corrected chi connectivity index (χ2v) is 7.95. The molecule has 0 aliphatic rings. The van der Waals surface area contributed by atoms with Crippen LogP contribution < -0.4 is 10.6 Å². The summed E-state index contributed by atoms with van der Waals surface area (Å²) >= 11 is 0. The van der Waals surface area contributed by atoms with Crippen molar-refractivity contribution in [3.05, 3.63) is 47.7 Å². The second-order valence-electron chi connectivity index (χ2n) is 7.95. The first-order valence-electron chi connectivity index (χ1n) is 10.2. The van der Waals surface area contributed by atoms with E-state index in [9.17, 15) is 9.59 Å². The Kier molecular flexibility index (Phi) is 8.24. The van der Waals surface area contributed by atoms with Gasteiger partial charge in [-0.15, -0.1) is 0 Å². The molecule has 0 aliphatic carbocycles. The van der Waals surface area contributed by atoms with Crippen molar-refractivity contribution in [3.8, 4) is 0 Å². The van der Waals surface area contributed by atoms with Gasteiger partial charge in [-0.3, -0.25) is 4.79 Å². The van der Waals surface area contributed by atoms with Crippen molar-refractivity contribution in [3.63, 3.8) is 0 Å². The Morgan fingerprint density at radius 3 is 2.52 bits per heavy atom. The fourth-order valence-electron chi connectivity index (χ4n) is 2.84. The zero-order valence-corrected chi connectivity index (χ0v) is 18.0. The van der Waals surface area contributed by atoms with E-state index < -0.39 is 0 Å². The van der Waals surface area contributed by atoms with Gasteiger partial charge in [0.25, 0.3) is 5.91 Å². The zero-order valence-electron chi connectivity index (χ0n) is 18.0. The highest BCUT2D eigenvalue weighted by atomic mass is 16.3. The van der Waals surface area contributed by atoms with Crippen molar-refractivity contribution >= 4 is 17.6 Å². The molecule has 0 radical (unpaired) electrons. The van der Waals surface area contributed by atoms with Crippen LogP contribution in [0.1, 0.15) is 56.6 Å². The molecule has 1 heterocycles. The zero-order chi connectivity index (χ0) is 21.4. The fraction of sp³-hybridized carbons (Fsp3) is 0.500. The third kappa shape index (κ3) is 6.93. The monoisotopic (exact) mass is 400 g/mol. The summed E-state index contributed by atoms with van der Waals surface area (Å²) in [6.07, 6.45) is 2.16. The number of hydrogen-bond acceptors (Lipinski definition) is 4. The number of aryl methyl sites for hydroxylation is 1. The van der Waals surface area contributed by atoms with Crippen molar-refractivity contribution in [2.24, 2.45) is 11.8 Å². The molecule has 2 N–H and O–H groups in total. The lowest BCUT2D eigenvalue weighted by Gasteiger charge is -2.24. The molecule has 0 fully saturated rings. The molecule has 1 aromatic carbocycles. The first-order valence-corrected chi connectivity index (χ1v) is 10.2. The van der Waals surface area contributed by atoms with Gasteiger partial charge in [0.15, 0.2) is 5.69 Å². The van der Waals surface area contributed by atoms with E-state index in [1.165, 1.54) is 6.26 Å². The maximum absolute atomic E-state index is 12.9. The van der Waals surface area contributed by atoms with Gasteiger partial charge in [0, 0.05) is 18.8 Å². The van der Waals surface area contributed by atoms with E-state index in [2.05, 4.69) is 22.5 Å². The summed E-state index contributed by atoms with van der Waals surface area (Å²) in [5.41, 5.74) is 2.10. The van der Waals surface area contributed by atoms with Crippen molar-refractivity contribution in [2.45, 2.75) is 47.6 Å². The number of carbonyl (C=O) groups excluding carboxylic acids is 2. The Bertz CT molecular complexity index is 814. The van der Waals surface area contributed by atoms with E-state index in [0.717, 1.165) is 17.7 Å². The van der Waals surface area contributed by atoms with Crippen molar-refractivity contribution < 1.29 is 14.0 Å². The Morgan fingerprint density at radius 2 is 1.86 bits per heavy atom. The quantitative estimate of drug-likeness (QED) is 0.656. The number of benzene rings is 1. The second kappa shape index (κ2) is 10.6. The predicted octanol–water partition coefficient (Wildman–Crippen LogP) is 4.31. The van der Waals surface area contributed by atoms with Gasteiger partial charge in [0.05, 0.1) is 6.54 Å². The molecule has 0 bridgehead atoms. The predicted molar refractivity (Wildman–Crippen MR) is 114 cm³/mol. The van der Waals surface area contributed by atoms with Gasteiger partial charge in [-0.25, -0.2) is 9.78 Å². The van der Waals surface area contributed by atoms with Crippen LogP contribution in [-0.4, -0.2) is 34.9 Å². The molecule has 0 saturated heterocycles. The lowest BCUT2D eigenvalue weighted by molar-refractivity contribution is 0.0944. The Morgan fingerprint density at radius 1 is 1.14 bits per heavy atom. The molecular weight excluding hydrogens is 368 g/mol. The van der Waals surface area contributed by atoms with Gasteiger partial charge in [-0.1, -0.05) is 52.8 Å². The van der Waals surface area contributed by atoms with Crippen LogP contribution in [0, 0.1) is 11.8 Å². The minimum Gasteiger partial charge on any atom is -0.446 e. The molecular formula is C22H32N4O3. The standard InChI is InChI=1S/C22H32N4O3/c1-6-17-9-7-8-10-18(17)25-22(28)26(12-16(4)5)13-20-24-19(14-29-20)21(27)23-11-15(2)3/h7-10,14-16H,6,11-13H2,1-5H3,(H,23,27)(H,25,28). The van der Waals surface area contributed by atoms with Gasteiger partial charge >= 0.3 is 6.03 Å². The number of rotatable bonds is 9. The van der Waals surface area contributed by atoms with Crippen LogP contribution in [0.15, 0.2) is 34.9 Å². The van der Waals surface area contributed by atoms with E-state index >= 15 is 0 Å². The number of nitrogens with one attached hydrogen (secondary N) is 2. The summed E-state index contributed by atoms with van der Waals surface area (Å²) in [4.78, 5) is 31.0. The van der Waals surface area contributed by atoms with Crippen molar-refractivity contribution in [1.29, 1.82) is 0 Å². The molecule has 0 unspecified atom stereocenters. The number of urea groups is 1. The van der Waals surface area contributed by atoms with Crippen LogP contribution in [0.5, 0.6) is 0 Å². The van der Waals surface area contributed by atoms with Gasteiger partial charge in [-0.05, 0) is 29.9 Å². The van der Waals surface area contributed by atoms with E-state index in [1.807, 2.05) is 52.0 Å². The third-order valence-corrected chi connectivity index (χ3v) is 4.29. The summed E-state index contributed by atoms with van der Waals surface area (Å²) in [6, 6.07) is 7.53. The highest BCUT2D eigenvalue weighted by molar-refractivity contribution is 5.92. The van der Waals surface area contributed by atoms with Crippen LogP contribution in [-0.2, 0) is 13.0 Å². The number of amides is 3. The number of carbonyl (C=O) groups is 2. The molecule has 7 heteroatoms. The average molecular weight is 401 g/mol. The van der Waals surface area contributed by atoms with Gasteiger partial charge in [0.1, 0.15) is 6.26 Å². The normalized spacial score (nSPS) is 11.0. The maximum Gasteiger partial charge on any atom is 0.322 e. The minimum atomic E-state index is -0.273. The van der Waals surface area contributed by atoms with Gasteiger partial charge in [-0.2, -0.15) is 0 Å². The topological polar surface area (TPSA) is 87.5 Å². The van der Waals surface area contributed by atoms with E-state index in [-0.39, 0.29) is 30.1 Å². The fourth-order valence-corrected chi connectivity index (χ4v) is 2.84.